The van der Waals surface area contributed by atoms with Gasteiger partial charge in [-0.3, -0.25) is 14.6 Å². The smallest absolute Gasteiger partial charge is 0.0658 e. The number of hydrogen-bond acceptors (Lipinski definition) is 5. The van der Waals surface area contributed by atoms with Crippen LogP contribution in [0.4, 0.5) is 0 Å². The first kappa shape index (κ1) is 15.1. The normalized spacial score (nSPS) is 19.4. The Bertz CT molecular complexity index is 571. The van der Waals surface area contributed by atoms with Crippen LogP contribution < -0.4 is 5.32 Å². The zero-order valence-electron chi connectivity index (χ0n) is 13.0. The van der Waals surface area contributed by atoms with Crippen molar-refractivity contribution in [3.63, 3.8) is 0 Å². The van der Waals surface area contributed by atoms with Crippen molar-refractivity contribution < 1.29 is 4.74 Å². The second-order valence-electron chi connectivity index (χ2n) is 5.58. The van der Waals surface area contributed by atoms with Crippen molar-refractivity contribution in [3.05, 3.63) is 48.0 Å². The molecule has 6 nitrogen and oxygen atoms in total. The molecule has 1 fully saturated rings. The van der Waals surface area contributed by atoms with Crippen LogP contribution in [-0.4, -0.2) is 53.0 Å². The van der Waals surface area contributed by atoms with Crippen LogP contribution in [-0.2, 0) is 17.8 Å². The fourth-order valence-electron chi connectivity index (χ4n) is 2.87. The molecule has 0 saturated carbocycles. The van der Waals surface area contributed by atoms with Gasteiger partial charge in [0, 0.05) is 63.5 Å². The molecule has 22 heavy (non-hydrogen) atoms. The van der Waals surface area contributed by atoms with Gasteiger partial charge in [-0.05, 0) is 11.6 Å². The summed E-state index contributed by atoms with van der Waals surface area (Å²) in [5, 5.41) is 7.87. The minimum atomic E-state index is 0.366. The first-order valence-electron chi connectivity index (χ1n) is 7.72. The monoisotopic (exact) mass is 301 g/mol. The van der Waals surface area contributed by atoms with E-state index < -0.39 is 0 Å². The highest BCUT2D eigenvalue weighted by Gasteiger charge is 2.24. The van der Waals surface area contributed by atoms with E-state index in [1.807, 2.05) is 29.3 Å². The number of hydrogen-bond donors (Lipinski definition) is 1. The lowest BCUT2D eigenvalue weighted by atomic mass is 10.0. The Hall–Kier alpha value is -1.76. The summed E-state index contributed by atoms with van der Waals surface area (Å²) in [4.78, 5) is 6.75. The van der Waals surface area contributed by atoms with E-state index in [1.54, 1.807) is 7.11 Å². The minimum Gasteiger partial charge on any atom is -0.383 e. The number of aromatic nitrogens is 3. The van der Waals surface area contributed by atoms with Crippen molar-refractivity contribution in [2.45, 2.75) is 19.1 Å². The molecule has 2 aromatic rings. The lowest BCUT2D eigenvalue weighted by Crippen LogP contribution is -2.45. The van der Waals surface area contributed by atoms with Gasteiger partial charge in [-0.15, -0.1) is 0 Å². The Morgan fingerprint density at radius 1 is 1.41 bits per heavy atom. The number of piperazine rings is 1. The SMILES string of the molecule is COCCn1cc(CN2CCNCC2c2cccnc2)cn1. The van der Waals surface area contributed by atoms with Gasteiger partial charge in [0.25, 0.3) is 0 Å². The van der Waals surface area contributed by atoms with Crippen LogP contribution in [0.3, 0.4) is 0 Å². The molecule has 0 amide bonds. The molecule has 0 bridgehead atoms. The molecular weight excluding hydrogens is 278 g/mol. The molecule has 0 spiro atoms. The molecule has 1 unspecified atom stereocenters. The summed E-state index contributed by atoms with van der Waals surface area (Å²) in [6.45, 7) is 5.41. The van der Waals surface area contributed by atoms with Gasteiger partial charge in [0.2, 0.25) is 0 Å². The van der Waals surface area contributed by atoms with E-state index in [4.69, 9.17) is 4.74 Å². The number of nitrogens with one attached hydrogen (secondary N) is 1. The molecule has 1 N–H and O–H groups in total. The second-order valence-corrected chi connectivity index (χ2v) is 5.58. The molecule has 3 rings (SSSR count). The van der Waals surface area contributed by atoms with E-state index in [9.17, 15) is 0 Å². The van der Waals surface area contributed by atoms with Crippen LogP contribution in [0.25, 0.3) is 0 Å². The van der Waals surface area contributed by atoms with Gasteiger partial charge >= 0.3 is 0 Å². The molecule has 0 aromatic carbocycles. The van der Waals surface area contributed by atoms with Crippen molar-refractivity contribution in [2.24, 2.45) is 0 Å². The molecule has 1 saturated heterocycles. The molecule has 118 valence electrons. The van der Waals surface area contributed by atoms with Crippen molar-refractivity contribution in [1.29, 1.82) is 0 Å². The first-order chi connectivity index (χ1) is 10.9. The van der Waals surface area contributed by atoms with Crippen LogP contribution in [0.5, 0.6) is 0 Å². The highest BCUT2D eigenvalue weighted by molar-refractivity contribution is 5.16. The highest BCUT2D eigenvalue weighted by Crippen LogP contribution is 2.23. The Morgan fingerprint density at radius 3 is 3.18 bits per heavy atom. The number of pyridine rings is 1. The van der Waals surface area contributed by atoms with Crippen LogP contribution in [0.15, 0.2) is 36.9 Å². The van der Waals surface area contributed by atoms with Gasteiger partial charge in [-0.25, -0.2) is 0 Å². The first-order valence-corrected chi connectivity index (χ1v) is 7.72. The summed E-state index contributed by atoms with van der Waals surface area (Å²) in [5.74, 6) is 0. The second kappa shape index (κ2) is 7.49. The Balaban J connectivity index is 1.67. The van der Waals surface area contributed by atoms with Crippen LogP contribution in [0.2, 0.25) is 0 Å². The lowest BCUT2D eigenvalue weighted by Gasteiger charge is -2.36. The van der Waals surface area contributed by atoms with E-state index in [1.165, 1.54) is 11.1 Å². The third-order valence-corrected chi connectivity index (χ3v) is 4.02. The van der Waals surface area contributed by atoms with Crippen molar-refractivity contribution in [1.82, 2.24) is 25.0 Å². The van der Waals surface area contributed by atoms with Gasteiger partial charge in [0.05, 0.1) is 19.3 Å². The molecule has 1 atom stereocenters. The zero-order valence-corrected chi connectivity index (χ0v) is 13.0. The molecule has 2 aromatic heterocycles. The maximum atomic E-state index is 5.09. The van der Waals surface area contributed by atoms with Gasteiger partial charge in [-0.1, -0.05) is 6.07 Å². The third-order valence-electron chi connectivity index (χ3n) is 4.02. The van der Waals surface area contributed by atoms with E-state index in [0.29, 0.717) is 12.6 Å². The topological polar surface area (TPSA) is 55.2 Å². The summed E-state index contributed by atoms with van der Waals surface area (Å²) in [5.41, 5.74) is 2.51. The fraction of sp³-hybridized carbons (Fsp3) is 0.500. The van der Waals surface area contributed by atoms with Gasteiger partial charge < -0.3 is 10.1 Å². The number of rotatable bonds is 6. The Kier molecular flexibility index (Phi) is 5.15. The standard InChI is InChI=1S/C16H23N5O/c1-22-8-7-21-13-14(9-19-21)12-20-6-5-18-11-16(20)15-3-2-4-17-10-15/h2-4,9-10,13,16,18H,5-8,11-12H2,1H3. The number of methoxy groups -OCH3 is 1. The van der Waals surface area contributed by atoms with E-state index in [2.05, 4.69) is 32.6 Å². The van der Waals surface area contributed by atoms with Crippen LogP contribution in [0, 0.1) is 0 Å². The Labute approximate surface area is 131 Å². The molecule has 0 aliphatic carbocycles. The molecular formula is C16H23N5O. The summed E-state index contributed by atoms with van der Waals surface area (Å²) < 4.78 is 7.04. The van der Waals surface area contributed by atoms with Crippen LogP contribution in [0.1, 0.15) is 17.2 Å². The highest BCUT2D eigenvalue weighted by atomic mass is 16.5. The summed E-state index contributed by atoms with van der Waals surface area (Å²) in [7, 11) is 1.71. The average molecular weight is 301 g/mol. The van der Waals surface area contributed by atoms with Crippen molar-refractivity contribution in [2.75, 3.05) is 33.4 Å². The average Bonchev–Trinajstić information content (AvgIpc) is 3.02. The molecule has 6 heteroatoms. The Morgan fingerprint density at radius 2 is 2.36 bits per heavy atom. The maximum absolute atomic E-state index is 5.09. The van der Waals surface area contributed by atoms with E-state index in [-0.39, 0.29) is 0 Å². The lowest BCUT2D eigenvalue weighted by molar-refractivity contribution is 0.153. The van der Waals surface area contributed by atoms with Crippen molar-refractivity contribution in [3.8, 4) is 0 Å². The van der Waals surface area contributed by atoms with Gasteiger partial charge in [0.15, 0.2) is 0 Å². The van der Waals surface area contributed by atoms with E-state index >= 15 is 0 Å². The fourth-order valence-corrected chi connectivity index (χ4v) is 2.87. The summed E-state index contributed by atoms with van der Waals surface area (Å²) >= 11 is 0. The molecule has 1 aliphatic heterocycles. The molecule has 1 aliphatic rings. The molecule has 0 radical (unpaired) electrons. The summed E-state index contributed by atoms with van der Waals surface area (Å²) in [6, 6.07) is 4.52. The van der Waals surface area contributed by atoms with Gasteiger partial charge in [0.1, 0.15) is 0 Å². The largest absolute Gasteiger partial charge is 0.383 e. The zero-order chi connectivity index (χ0) is 15.2. The summed E-state index contributed by atoms with van der Waals surface area (Å²) in [6.07, 6.45) is 7.86. The van der Waals surface area contributed by atoms with Crippen LogP contribution >= 0.6 is 0 Å². The predicted molar refractivity (Wildman–Crippen MR) is 84.4 cm³/mol. The third kappa shape index (κ3) is 3.71. The number of nitrogens with zero attached hydrogens (tertiary/aromatic N) is 4. The quantitative estimate of drug-likeness (QED) is 0.865. The van der Waals surface area contributed by atoms with E-state index in [0.717, 1.165) is 32.7 Å². The molecule has 3 heterocycles. The number of ether oxygens (including phenoxy) is 1. The van der Waals surface area contributed by atoms with Crippen molar-refractivity contribution >= 4 is 0 Å². The minimum absolute atomic E-state index is 0.366. The maximum Gasteiger partial charge on any atom is 0.0658 e. The predicted octanol–water partition coefficient (Wildman–Crippen LogP) is 1.07. The van der Waals surface area contributed by atoms with Gasteiger partial charge in [-0.2, -0.15) is 5.10 Å².